The second-order valence-electron chi connectivity index (χ2n) is 8.82. The zero-order chi connectivity index (χ0) is 22.6. The van der Waals surface area contributed by atoms with E-state index >= 15 is 0 Å². The lowest BCUT2D eigenvalue weighted by atomic mass is 9.75. The van der Waals surface area contributed by atoms with E-state index in [1.54, 1.807) is 26.2 Å². The van der Waals surface area contributed by atoms with Crippen LogP contribution in [0.3, 0.4) is 0 Å². The Morgan fingerprint density at radius 1 is 1.26 bits per heavy atom. The number of amides is 1. The third kappa shape index (κ3) is 5.28. The van der Waals surface area contributed by atoms with E-state index in [0.29, 0.717) is 43.0 Å². The monoisotopic (exact) mass is 433 g/mol. The molecule has 1 aromatic rings. The van der Waals surface area contributed by atoms with Gasteiger partial charge in [0.05, 0.1) is 19.8 Å². The topological polar surface area (TPSA) is 103 Å². The highest BCUT2D eigenvalue weighted by Gasteiger charge is 2.36. The molecule has 31 heavy (non-hydrogen) atoms. The number of rotatable bonds is 8. The molecule has 0 unspecified atom stereocenters. The molecule has 1 atom stereocenters. The fourth-order valence-corrected chi connectivity index (χ4v) is 4.22. The summed E-state index contributed by atoms with van der Waals surface area (Å²) in [5, 5.41) is 12.9. The van der Waals surface area contributed by atoms with Gasteiger partial charge in [-0.25, -0.2) is 4.79 Å². The van der Waals surface area contributed by atoms with Gasteiger partial charge in [-0.3, -0.25) is 4.79 Å². The molecule has 2 aliphatic heterocycles. The molecule has 0 aliphatic carbocycles. The van der Waals surface area contributed by atoms with Crippen molar-refractivity contribution in [1.82, 2.24) is 5.32 Å². The molecule has 2 heterocycles. The summed E-state index contributed by atoms with van der Waals surface area (Å²) in [7, 11) is 0.599. The van der Waals surface area contributed by atoms with E-state index < -0.39 is 19.1 Å². The Labute approximate surface area is 183 Å². The van der Waals surface area contributed by atoms with Crippen LogP contribution in [0.1, 0.15) is 48.2 Å². The Balaban J connectivity index is 1.69. The number of methoxy groups -OCH3 is 1. The molecule has 0 saturated carbocycles. The second kappa shape index (κ2) is 10.1. The first-order valence-electron chi connectivity index (χ1n) is 10.7. The van der Waals surface area contributed by atoms with Crippen LogP contribution < -0.4 is 10.8 Å². The van der Waals surface area contributed by atoms with Crippen LogP contribution in [0.5, 0.6) is 0 Å². The normalized spacial score (nSPS) is 18.6. The molecule has 3 rings (SSSR count). The molecule has 170 valence electrons. The van der Waals surface area contributed by atoms with Crippen LogP contribution in [-0.4, -0.2) is 63.6 Å². The quantitative estimate of drug-likeness (QED) is 0.465. The van der Waals surface area contributed by atoms with Crippen molar-refractivity contribution in [3.8, 4) is 0 Å². The number of fused-ring (bicyclic) bond motifs is 1. The first-order valence-corrected chi connectivity index (χ1v) is 10.7. The zero-order valence-corrected chi connectivity index (χ0v) is 18.7. The minimum atomic E-state index is -1.04. The van der Waals surface area contributed by atoms with Gasteiger partial charge >= 0.3 is 13.1 Å². The summed E-state index contributed by atoms with van der Waals surface area (Å²) in [6.45, 7) is 7.74. The average molecular weight is 433 g/mol. The minimum absolute atomic E-state index is 0.159. The molecule has 1 fully saturated rings. The molecular formula is C22H32BNO7. The minimum Gasteiger partial charge on any atom is -0.463 e. The molecular weight excluding hydrogens is 401 g/mol. The molecule has 1 amide bonds. The highest BCUT2D eigenvalue weighted by Crippen LogP contribution is 2.31. The maximum Gasteiger partial charge on any atom is 0.492 e. The zero-order valence-electron chi connectivity index (χ0n) is 18.7. The lowest BCUT2D eigenvalue weighted by Crippen LogP contribution is -2.47. The van der Waals surface area contributed by atoms with Crippen molar-refractivity contribution in [3.05, 3.63) is 28.8 Å². The van der Waals surface area contributed by atoms with Gasteiger partial charge in [0.25, 0.3) is 5.91 Å². The highest BCUT2D eigenvalue weighted by molar-refractivity contribution is 6.62. The van der Waals surface area contributed by atoms with Crippen LogP contribution in [0.2, 0.25) is 0 Å². The van der Waals surface area contributed by atoms with E-state index in [0.717, 1.165) is 18.4 Å². The predicted molar refractivity (Wildman–Crippen MR) is 115 cm³/mol. The summed E-state index contributed by atoms with van der Waals surface area (Å²) >= 11 is 0. The standard InChI is InChI=1S/C22H32BNO7/c1-14(2)19(21(26)30-13-22(12-28-4)7-9-29-10-8-22)24-20(25)17-6-5-16-11-31-23(27)18(16)15(17)3/h5-6,14,19,27H,7-13H2,1-4H3,(H,24,25)/t19-/m0/s1. The Hall–Kier alpha value is -1.94. The van der Waals surface area contributed by atoms with Crippen molar-refractivity contribution in [2.75, 3.05) is 33.5 Å². The van der Waals surface area contributed by atoms with Crippen LogP contribution in [-0.2, 0) is 30.3 Å². The lowest BCUT2D eigenvalue weighted by Gasteiger charge is -2.36. The molecule has 0 radical (unpaired) electrons. The van der Waals surface area contributed by atoms with Crippen LogP contribution >= 0.6 is 0 Å². The molecule has 0 bridgehead atoms. The van der Waals surface area contributed by atoms with Gasteiger partial charge in [0, 0.05) is 31.3 Å². The smallest absolute Gasteiger partial charge is 0.463 e. The van der Waals surface area contributed by atoms with Gasteiger partial charge in [-0.05, 0) is 48.3 Å². The van der Waals surface area contributed by atoms with Crippen LogP contribution in [0.4, 0.5) is 0 Å². The van der Waals surface area contributed by atoms with Crippen molar-refractivity contribution in [2.45, 2.75) is 46.3 Å². The van der Waals surface area contributed by atoms with Gasteiger partial charge in [-0.1, -0.05) is 19.9 Å². The van der Waals surface area contributed by atoms with E-state index in [9.17, 15) is 14.6 Å². The van der Waals surface area contributed by atoms with Gasteiger partial charge in [-0.2, -0.15) is 0 Å². The first kappa shape index (κ1) is 23.7. The van der Waals surface area contributed by atoms with E-state index in [4.69, 9.17) is 18.9 Å². The van der Waals surface area contributed by atoms with E-state index in [2.05, 4.69) is 5.32 Å². The van der Waals surface area contributed by atoms with Crippen molar-refractivity contribution < 1.29 is 33.5 Å². The summed E-state index contributed by atoms with van der Waals surface area (Å²) in [4.78, 5) is 25.9. The van der Waals surface area contributed by atoms with Crippen molar-refractivity contribution in [3.63, 3.8) is 0 Å². The second-order valence-corrected chi connectivity index (χ2v) is 8.82. The van der Waals surface area contributed by atoms with Crippen molar-refractivity contribution in [2.24, 2.45) is 11.3 Å². The number of hydrogen-bond acceptors (Lipinski definition) is 7. The molecule has 9 heteroatoms. The number of carbonyl (C=O) groups is 2. The third-order valence-corrected chi connectivity index (χ3v) is 6.23. The Morgan fingerprint density at radius 2 is 1.97 bits per heavy atom. The molecule has 1 saturated heterocycles. The Bertz CT molecular complexity index is 802. The molecule has 0 aromatic heterocycles. The lowest BCUT2D eigenvalue weighted by molar-refractivity contribution is -0.155. The SMILES string of the molecule is COCC1(COC(=O)[C@@H](NC(=O)c2ccc3c(c2C)B(O)OC3)C(C)C)CCOCC1. The predicted octanol–water partition coefficient (Wildman–Crippen LogP) is 0.954. The van der Waals surface area contributed by atoms with Gasteiger partial charge in [0.1, 0.15) is 6.04 Å². The fraction of sp³-hybridized carbons (Fsp3) is 0.636. The summed E-state index contributed by atoms with van der Waals surface area (Å²) < 4.78 is 21.7. The maximum absolute atomic E-state index is 13.0. The molecule has 8 nitrogen and oxygen atoms in total. The third-order valence-electron chi connectivity index (χ3n) is 6.23. The van der Waals surface area contributed by atoms with Gasteiger partial charge in [0.15, 0.2) is 0 Å². The molecule has 0 spiro atoms. The maximum atomic E-state index is 13.0. The number of esters is 1. The van der Waals surface area contributed by atoms with Crippen LogP contribution in [0, 0.1) is 18.3 Å². The largest absolute Gasteiger partial charge is 0.492 e. The van der Waals surface area contributed by atoms with Crippen LogP contribution in [0.25, 0.3) is 0 Å². The van der Waals surface area contributed by atoms with Crippen molar-refractivity contribution in [1.29, 1.82) is 0 Å². The Kier molecular flexibility index (Phi) is 7.75. The van der Waals surface area contributed by atoms with Gasteiger partial charge < -0.3 is 29.2 Å². The first-order chi connectivity index (χ1) is 14.8. The summed E-state index contributed by atoms with van der Waals surface area (Å²) in [6.07, 6.45) is 1.51. The number of hydrogen-bond donors (Lipinski definition) is 2. The number of ether oxygens (including phenoxy) is 3. The number of benzene rings is 1. The van der Waals surface area contributed by atoms with Gasteiger partial charge in [-0.15, -0.1) is 0 Å². The molecule has 2 N–H and O–H groups in total. The summed E-state index contributed by atoms with van der Waals surface area (Å²) in [5.41, 5.74) is 2.28. The van der Waals surface area contributed by atoms with Gasteiger partial charge in [0.2, 0.25) is 0 Å². The van der Waals surface area contributed by atoms with Crippen molar-refractivity contribution >= 4 is 24.5 Å². The van der Waals surface area contributed by atoms with Crippen LogP contribution in [0.15, 0.2) is 12.1 Å². The Morgan fingerprint density at radius 3 is 2.61 bits per heavy atom. The number of carbonyl (C=O) groups excluding carboxylic acids is 2. The summed E-state index contributed by atoms with van der Waals surface area (Å²) in [5.74, 6) is -1.01. The number of nitrogens with one attached hydrogen (secondary N) is 1. The molecule has 1 aromatic carbocycles. The fourth-order valence-electron chi connectivity index (χ4n) is 4.22. The van der Waals surface area contributed by atoms with E-state index in [-0.39, 0.29) is 23.8 Å². The highest BCUT2D eigenvalue weighted by atomic mass is 16.5. The molecule has 2 aliphatic rings. The van der Waals surface area contributed by atoms with E-state index in [1.807, 2.05) is 13.8 Å². The summed E-state index contributed by atoms with van der Waals surface area (Å²) in [6, 6.07) is 2.68. The van der Waals surface area contributed by atoms with E-state index in [1.165, 1.54) is 0 Å². The average Bonchev–Trinajstić information content (AvgIpc) is 3.12.